The predicted molar refractivity (Wildman–Crippen MR) is 111 cm³/mol. The SMILES string of the molecule is CCOP(=S)(CC)CNSC(NC(=O)O)c1cccc2c1OC(C)(C)C2. The van der Waals surface area contributed by atoms with Crippen molar-refractivity contribution in [3.05, 3.63) is 29.3 Å². The largest absolute Gasteiger partial charge is 0.487 e. The minimum absolute atomic E-state index is 0.289. The van der Waals surface area contributed by atoms with Crippen molar-refractivity contribution in [2.75, 3.05) is 19.1 Å². The molecule has 1 aliphatic rings. The highest BCUT2D eigenvalue weighted by Crippen LogP contribution is 2.47. The van der Waals surface area contributed by atoms with Crippen LogP contribution in [0.5, 0.6) is 5.75 Å². The lowest BCUT2D eigenvalue weighted by Gasteiger charge is -2.24. The number of benzene rings is 1. The van der Waals surface area contributed by atoms with E-state index in [-0.39, 0.29) is 5.60 Å². The highest BCUT2D eigenvalue weighted by molar-refractivity contribution is 8.12. The molecular weight excluding hydrogens is 391 g/mol. The van der Waals surface area contributed by atoms with Crippen LogP contribution >= 0.6 is 18.2 Å². The normalized spacial score (nSPS) is 18.5. The molecule has 0 spiro atoms. The van der Waals surface area contributed by atoms with Gasteiger partial charge in [0.1, 0.15) is 16.7 Å². The van der Waals surface area contributed by atoms with Crippen molar-refractivity contribution in [2.45, 2.75) is 45.1 Å². The molecule has 0 aliphatic carbocycles. The molecule has 146 valence electrons. The maximum Gasteiger partial charge on any atom is 0.405 e. The second-order valence-electron chi connectivity index (χ2n) is 6.67. The molecule has 1 aromatic rings. The van der Waals surface area contributed by atoms with Gasteiger partial charge in [0.25, 0.3) is 0 Å². The van der Waals surface area contributed by atoms with Crippen molar-refractivity contribution in [3.63, 3.8) is 0 Å². The van der Waals surface area contributed by atoms with Crippen molar-refractivity contribution in [1.82, 2.24) is 10.0 Å². The molecule has 0 saturated carbocycles. The first-order valence-electron chi connectivity index (χ1n) is 8.61. The molecule has 6 nitrogen and oxygen atoms in total. The Morgan fingerprint density at radius 3 is 2.85 bits per heavy atom. The zero-order chi connectivity index (χ0) is 19.4. The van der Waals surface area contributed by atoms with Gasteiger partial charge in [0, 0.05) is 18.6 Å². The van der Waals surface area contributed by atoms with Gasteiger partial charge >= 0.3 is 6.09 Å². The lowest BCUT2D eigenvalue weighted by molar-refractivity contribution is 0.137. The first-order chi connectivity index (χ1) is 12.2. The lowest BCUT2D eigenvalue weighted by atomic mass is 10.0. The summed E-state index contributed by atoms with van der Waals surface area (Å²) in [4.78, 5) is 11.3. The molecule has 9 heteroatoms. The van der Waals surface area contributed by atoms with E-state index < -0.39 is 17.7 Å². The van der Waals surface area contributed by atoms with Crippen molar-refractivity contribution in [1.29, 1.82) is 0 Å². The topological polar surface area (TPSA) is 79.8 Å². The standard InChI is InChI=1S/C17H27N2O4PS2/c1-5-22-24(25,6-2)11-18-26-15(19-16(20)21)13-9-7-8-12-10-17(3,4)23-14(12)13/h7-9,15,18-19H,5-6,10-11H2,1-4H3,(H,20,21). The third kappa shape index (κ3) is 5.60. The Hall–Kier alpha value is -0.790. The van der Waals surface area contributed by atoms with Gasteiger partial charge in [-0.3, -0.25) is 4.72 Å². The van der Waals surface area contributed by atoms with Gasteiger partial charge < -0.3 is 19.7 Å². The Morgan fingerprint density at radius 1 is 1.50 bits per heavy atom. The fraction of sp³-hybridized carbons (Fsp3) is 0.588. The second kappa shape index (κ2) is 8.93. The number of amides is 1. The fourth-order valence-corrected chi connectivity index (χ4v) is 6.31. The van der Waals surface area contributed by atoms with E-state index in [1.165, 1.54) is 11.9 Å². The second-order valence-corrected chi connectivity index (χ2v) is 12.5. The van der Waals surface area contributed by atoms with Gasteiger partial charge in [0.05, 0.1) is 12.6 Å². The molecule has 2 atom stereocenters. The molecule has 1 amide bonds. The summed E-state index contributed by atoms with van der Waals surface area (Å²) in [6.45, 7) is 8.60. The van der Waals surface area contributed by atoms with Gasteiger partial charge in [-0.2, -0.15) is 0 Å². The minimum Gasteiger partial charge on any atom is -0.487 e. The van der Waals surface area contributed by atoms with Gasteiger partial charge in [-0.05, 0) is 32.5 Å². The molecule has 0 radical (unpaired) electrons. The van der Waals surface area contributed by atoms with Crippen LogP contribution in [0.3, 0.4) is 0 Å². The molecule has 1 heterocycles. The summed E-state index contributed by atoms with van der Waals surface area (Å²) < 4.78 is 15.1. The summed E-state index contributed by atoms with van der Waals surface area (Å²) in [6.07, 6.45) is -0.879. The van der Waals surface area contributed by atoms with E-state index in [1.807, 2.05) is 45.9 Å². The molecule has 0 fully saturated rings. The molecule has 0 bridgehead atoms. The number of nitrogens with one attached hydrogen (secondary N) is 2. The number of hydrogen-bond acceptors (Lipinski definition) is 6. The van der Waals surface area contributed by atoms with Gasteiger partial charge in [-0.1, -0.05) is 48.9 Å². The van der Waals surface area contributed by atoms with Crippen molar-refractivity contribution in [2.24, 2.45) is 0 Å². The fourth-order valence-electron chi connectivity index (χ4n) is 2.83. The summed E-state index contributed by atoms with van der Waals surface area (Å²) in [5.41, 5.74) is 1.62. The van der Waals surface area contributed by atoms with Crippen LogP contribution in [-0.2, 0) is 22.8 Å². The van der Waals surface area contributed by atoms with E-state index in [0.29, 0.717) is 12.9 Å². The highest BCUT2D eigenvalue weighted by atomic mass is 32.4. The summed E-state index contributed by atoms with van der Waals surface area (Å²) in [5.74, 6) is 0.769. The van der Waals surface area contributed by atoms with Gasteiger partial charge in [-0.15, -0.1) is 0 Å². The zero-order valence-electron chi connectivity index (χ0n) is 15.6. The first-order valence-corrected chi connectivity index (χ1v) is 12.6. The number of ether oxygens (including phenoxy) is 1. The molecule has 2 rings (SSSR count). The molecule has 1 aromatic carbocycles. The Kier molecular flexibility index (Phi) is 7.39. The quantitative estimate of drug-likeness (QED) is 0.313. The zero-order valence-corrected chi connectivity index (χ0v) is 18.1. The van der Waals surface area contributed by atoms with Crippen LogP contribution < -0.4 is 14.8 Å². The average Bonchev–Trinajstić information content (AvgIpc) is 2.87. The molecular formula is C17H27N2O4PS2. The lowest BCUT2D eigenvalue weighted by Crippen LogP contribution is -2.28. The van der Waals surface area contributed by atoms with Crippen LogP contribution in [0.15, 0.2) is 18.2 Å². The average molecular weight is 419 g/mol. The maximum atomic E-state index is 11.3. The molecule has 2 unspecified atom stereocenters. The van der Waals surface area contributed by atoms with Crippen molar-refractivity contribution >= 4 is 36.1 Å². The van der Waals surface area contributed by atoms with Crippen molar-refractivity contribution < 1.29 is 19.2 Å². The Morgan fingerprint density at radius 2 is 2.23 bits per heavy atom. The number of fused-ring (bicyclic) bond motifs is 1. The van der Waals surface area contributed by atoms with E-state index >= 15 is 0 Å². The number of carboxylic acid groups (broad SMARTS) is 1. The number of carbonyl (C=O) groups is 1. The molecule has 3 N–H and O–H groups in total. The first kappa shape index (κ1) is 21.5. The molecule has 0 saturated heterocycles. The summed E-state index contributed by atoms with van der Waals surface area (Å²) in [5, 5.41) is 11.3. The summed E-state index contributed by atoms with van der Waals surface area (Å²) in [6, 6.07) is 5.86. The summed E-state index contributed by atoms with van der Waals surface area (Å²) >= 11 is 6.92. The van der Waals surface area contributed by atoms with E-state index in [9.17, 15) is 9.90 Å². The number of para-hydroxylation sites is 1. The third-order valence-electron chi connectivity index (χ3n) is 4.01. The van der Waals surface area contributed by atoms with Crippen molar-refractivity contribution in [3.8, 4) is 5.75 Å². The van der Waals surface area contributed by atoms with E-state index in [4.69, 9.17) is 21.1 Å². The molecule has 0 aromatic heterocycles. The van der Waals surface area contributed by atoms with Crippen LogP contribution in [0.4, 0.5) is 4.79 Å². The Balaban J connectivity index is 2.16. The maximum absolute atomic E-state index is 11.3. The van der Waals surface area contributed by atoms with E-state index in [0.717, 1.165) is 29.5 Å². The predicted octanol–water partition coefficient (Wildman–Crippen LogP) is 4.31. The number of hydrogen-bond donors (Lipinski definition) is 3. The van der Waals surface area contributed by atoms with Crippen LogP contribution in [0.1, 0.15) is 44.2 Å². The smallest absolute Gasteiger partial charge is 0.405 e. The van der Waals surface area contributed by atoms with Gasteiger partial charge in [0.2, 0.25) is 0 Å². The van der Waals surface area contributed by atoms with E-state index in [2.05, 4.69) is 10.0 Å². The van der Waals surface area contributed by atoms with Gasteiger partial charge in [-0.25, -0.2) is 4.79 Å². The van der Waals surface area contributed by atoms with Crippen LogP contribution in [0, 0.1) is 0 Å². The summed E-state index contributed by atoms with van der Waals surface area (Å²) in [7, 11) is 0. The van der Waals surface area contributed by atoms with Crippen LogP contribution in [-0.4, -0.2) is 35.9 Å². The van der Waals surface area contributed by atoms with Crippen LogP contribution in [0.2, 0.25) is 0 Å². The molecule has 1 aliphatic heterocycles. The third-order valence-corrected chi connectivity index (χ3v) is 8.95. The highest BCUT2D eigenvalue weighted by Gasteiger charge is 2.34. The Bertz CT molecular complexity index is 699. The minimum atomic E-state index is -1.92. The number of rotatable bonds is 9. The Labute approximate surface area is 164 Å². The van der Waals surface area contributed by atoms with E-state index in [1.54, 1.807) is 0 Å². The monoisotopic (exact) mass is 418 g/mol. The molecule has 26 heavy (non-hydrogen) atoms. The van der Waals surface area contributed by atoms with Crippen LogP contribution in [0.25, 0.3) is 0 Å². The van der Waals surface area contributed by atoms with Gasteiger partial charge in [0.15, 0.2) is 0 Å².